The lowest BCUT2D eigenvalue weighted by atomic mass is 10.1. The fraction of sp³-hybridized carbons (Fsp3) is 0.0455. The van der Waals surface area contributed by atoms with Crippen LogP contribution in [0.2, 0.25) is 0 Å². The highest BCUT2D eigenvalue weighted by Crippen LogP contribution is 2.39. The van der Waals surface area contributed by atoms with Crippen LogP contribution >= 0.6 is 15.9 Å². The molecule has 2 heterocycles. The van der Waals surface area contributed by atoms with Crippen LogP contribution < -0.4 is 9.47 Å². The number of esters is 1. The van der Waals surface area contributed by atoms with Gasteiger partial charge in [0, 0.05) is 22.3 Å². The molecule has 1 aliphatic rings. The summed E-state index contributed by atoms with van der Waals surface area (Å²) in [5, 5.41) is 0. The Morgan fingerprint density at radius 2 is 1.89 bits per heavy atom. The molecule has 3 aromatic rings. The van der Waals surface area contributed by atoms with E-state index in [1.54, 1.807) is 67.7 Å². The molecular formula is C22H14BrNO4. The Hall–Kier alpha value is -3.25. The quantitative estimate of drug-likeness (QED) is 0.329. The third kappa shape index (κ3) is 3.46. The predicted molar refractivity (Wildman–Crippen MR) is 107 cm³/mol. The van der Waals surface area contributed by atoms with Crippen LogP contribution in [0.5, 0.6) is 11.5 Å². The Kier molecular flexibility index (Phi) is 4.79. The summed E-state index contributed by atoms with van der Waals surface area (Å²) < 4.78 is 12.2. The van der Waals surface area contributed by atoms with Crippen LogP contribution in [0.1, 0.15) is 32.0 Å². The minimum Gasteiger partial charge on any atom is -0.452 e. The number of ether oxygens (including phenoxy) is 2. The Labute approximate surface area is 169 Å². The molecule has 0 atom stereocenters. The number of benzene rings is 2. The van der Waals surface area contributed by atoms with E-state index in [4.69, 9.17) is 9.47 Å². The second kappa shape index (κ2) is 7.40. The molecule has 6 heteroatoms. The van der Waals surface area contributed by atoms with Gasteiger partial charge >= 0.3 is 5.97 Å². The maximum absolute atomic E-state index is 12.6. The number of hydrogen-bond donors (Lipinski definition) is 0. The fourth-order valence-corrected chi connectivity index (χ4v) is 3.08. The fourth-order valence-electron chi connectivity index (χ4n) is 2.82. The second-order valence-electron chi connectivity index (χ2n) is 6.16. The molecule has 0 saturated heterocycles. The van der Waals surface area contributed by atoms with Crippen molar-refractivity contribution in [3.63, 3.8) is 0 Å². The second-order valence-corrected chi connectivity index (χ2v) is 7.07. The van der Waals surface area contributed by atoms with Crippen molar-refractivity contribution in [2.24, 2.45) is 0 Å². The van der Waals surface area contributed by atoms with Gasteiger partial charge in [-0.1, -0.05) is 22.0 Å². The van der Waals surface area contributed by atoms with Gasteiger partial charge in [-0.15, -0.1) is 0 Å². The largest absolute Gasteiger partial charge is 0.452 e. The van der Waals surface area contributed by atoms with E-state index in [-0.39, 0.29) is 11.5 Å². The van der Waals surface area contributed by atoms with Gasteiger partial charge < -0.3 is 9.47 Å². The number of Topliss-reactive ketones (excluding diaryl/α,β-unsaturated/α-hetero) is 1. The summed E-state index contributed by atoms with van der Waals surface area (Å²) in [5.74, 6) is 0.221. The first-order valence-electron chi connectivity index (χ1n) is 8.49. The van der Waals surface area contributed by atoms with E-state index in [1.807, 2.05) is 6.07 Å². The van der Waals surface area contributed by atoms with Gasteiger partial charge in [0.15, 0.2) is 5.76 Å². The molecular weight excluding hydrogens is 422 g/mol. The van der Waals surface area contributed by atoms with Crippen molar-refractivity contribution in [2.75, 3.05) is 0 Å². The van der Waals surface area contributed by atoms with E-state index < -0.39 is 5.97 Å². The molecule has 2 aromatic carbocycles. The molecule has 1 aromatic heterocycles. The smallest absolute Gasteiger partial charge is 0.343 e. The van der Waals surface area contributed by atoms with E-state index in [0.29, 0.717) is 33.9 Å². The number of carbonyl (C=O) groups is 2. The molecule has 5 nitrogen and oxygen atoms in total. The molecule has 0 radical (unpaired) electrons. The van der Waals surface area contributed by atoms with Crippen LogP contribution in [0.25, 0.3) is 6.08 Å². The lowest BCUT2D eigenvalue weighted by Gasteiger charge is -2.10. The number of rotatable bonds is 3. The highest BCUT2D eigenvalue weighted by Gasteiger charge is 2.30. The molecule has 0 spiro atoms. The van der Waals surface area contributed by atoms with Gasteiger partial charge in [0.25, 0.3) is 0 Å². The average Bonchev–Trinajstić information content (AvgIpc) is 3.02. The van der Waals surface area contributed by atoms with Gasteiger partial charge in [0.05, 0.1) is 16.8 Å². The third-order valence-corrected chi connectivity index (χ3v) is 4.81. The van der Waals surface area contributed by atoms with Gasteiger partial charge in [-0.05, 0) is 55.5 Å². The molecule has 4 rings (SSSR count). The van der Waals surface area contributed by atoms with Crippen molar-refractivity contribution in [2.45, 2.75) is 6.92 Å². The molecule has 138 valence electrons. The molecule has 0 N–H and O–H groups in total. The van der Waals surface area contributed by atoms with Gasteiger partial charge in [-0.2, -0.15) is 0 Å². The van der Waals surface area contributed by atoms with Crippen molar-refractivity contribution >= 4 is 33.8 Å². The molecule has 0 fully saturated rings. The lowest BCUT2D eigenvalue weighted by molar-refractivity contribution is 0.0733. The normalized spacial score (nSPS) is 13.9. The Morgan fingerprint density at radius 3 is 2.61 bits per heavy atom. The standard InChI is InChI=1S/C22H14BrNO4/c1-13-18(28-22(26)14-5-7-15(23)8-6-14)10-9-17-20(25)19(27-21(13)17)12-16-4-2-3-11-24-16/h2-12H,1H3/b19-12-. The van der Waals surface area contributed by atoms with E-state index in [1.165, 1.54) is 0 Å². The SMILES string of the molecule is Cc1c(OC(=O)c2ccc(Br)cc2)ccc2c1O/C(=C\c1ccccn1)C2=O. The van der Waals surface area contributed by atoms with Crippen molar-refractivity contribution in [3.05, 3.63) is 93.4 Å². The van der Waals surface area contributed by atoms with E-state index in [9.17, 15) is 9.59 Å². The van der Waals surface area contributed by atoms with Gasteiger partial charge in [0.1, 0.15) is 11.5 Å². The topological polar surface area (TPSA) is 65.5 Å². The highest BCUT2D eigenvalue weighted by atomic mass is 79.9. The number of nitrogens with zero attached hydrogens (tertiary/aromatic N) is 1. The Bertz CT molecular complexity index is 1110. The maximum atomic E-state index is 12.6. The number of allylic oxidation sites excluding steroid dienone is 1. The lowest BCUT2D eigenvalue weighted by Crippen LogP contribution is -2.09. The minimum atomic E-state index is -0.482. The van der Waals surface area contributed by atoms with E-state index in [0.717, 1.165) is 4.47 Å². The molecule has 0 bridgehead atoms. The number of halogens is 1. The molecule has 0 unspecified atom stereocenters. The van der Waals surface area contributed by atoms with Crippen molar-refractivity contribution in [1.29, 1.82) is 0 Å². The molecule has 1 aliphatic heterocycles. The molecule has 28 heavy (non-hydrogen) atoms. The first kappa shape index (κ1) is 18.1. The Morgan fingerprint density at radius 1 is 1.11 bits per heavy atom. The van der Waals surface area contributed by atoms with Crippen LogP contribution in [-0.4, -0.2) is 16.7 Å². The van der Waals surface area contributed by atoms with Gasteiger partial charge in [0.2, 0.25) is 5.78 Å². The number of carbonyl (C=O) groups excluding carboxylic acids is 2. The Balaban J connectivity index is 1.61. The zero-order chi connectivity index (χ0) is 19.7. The molecule has 0 aliphatic carbocycles. The number of pyridine rings is 1. The highest BCUT2D eigenvalue weighted by molar-refractivity contribution is 9.10. The third-order valence-electron chi connectivity index (χ3n) is 4.29. The summed E-state index contributed by atoms with van der Waals surface area (Å²) in [4.78, 5) is 29.2. The summed E-state index contributed by atoms with van der Waals surface area (Å²) >= 11 is 3.33. The number of fused-ring (bicyclic) bond motifs is 1. The molecule has 0 saturated carbocycles. The number of ketones is 1. The average molecular weight is 436 g/mol. The van der Waals surface area contributed by atoms with Crippen molar-refractivity contribution in [3.8, 4) is 11.5 Å². The first-order chi connectivity index (χ1) is 13.5. The van der Waals surface area contributed by atoms with Crippen LogP contribution in [0.4, 0.5) is 0 Å². The zero-order valence-corrected chi connectivity index (χ0v) is 16.4. The summed E-state index contributed by atoms with van der Waals surface area (Å²) in [7, 11) is 0. The maximum Gasteiger partial charge on any atom is 0.343 e. The summed E-state index contributed by atoms with van der Waals surface area (Å²) in [6, 6.07) is 15.5. The van der Waals surface area contributed by atoms with Crippen LogP contribution in [0.3, 0.4) is 0 Å². The van der Waals surface area contributed by atoms with Crippen molar-refractivity contribution < 1.29 is 19.1 Å². The van der Waals surface area contributed by atoms with Crippen LogP contribution in [0.15, 0.2) is 71.0 Å². The van der Waals surface area contributed by atoms with Crippen LogP contribution in [-0.2, 0) is 0 Å². The monoisotopic (exact) mass is 435 g/mol. The van der Waals surface area contributed by atoms with E-state index in [2.05, 4.69) is 20.9 Å². The predicted octanol–water partition coefficient (Wildman–Crippen LogP) is 4.99. The summed E-state index contributed by atoms with van der Waals surface area (Å²) in [5.41, 5.74) is 2.07. The van der Waals surface area contributed by atoms with Gasteiger partial charge in [-0.25, -0.2) is 4.79 Å². The number of hydrogen-bond acceptors (Lipinski definition) is 5. The van der Waals surface area contributed by atoms with E-state index >= 15 is 0 Å². The van der Waals surface area contributed by atoms with Crippen LogP contribution in [0, 0.1) is 6.92 Å². The first-order valence-corrected chi connectivity index (χ1v) is 9.29. The van der Waals surface area contributed by atoms with Gasteiger partial charge in [-0.3, -0.25) is 9.78 Å². The zero-order valence-electron chi connectivity index (χ0n) is 14.8. The minimum absolute atomic E-state index is 0.188. The number of aromatic nitrogens is 1. The molecule has 0 amide bonds. The summed E-state index contributed by atoms with van der Waals surface area (Å²) in [6.45, 7) is 1.75. The van der Waals surface area contributed by atoms with Crippen molar-refractivity contribution in [1.82, 2.24) is 4.98 Å². The summed E-state index contributed by atoms with van der Waals surface area (Å²) in [6.07, 6.45) is 3.24.